The zero-order chi connectivity index (χ0) is 31.0. The van der Waals surface area contributed by atoms with Crippen molar-refractivity contribution in [3.05, 3.63) is 0 Å². The van der Waals surface area contributed by atoms with Crippen LogP contribution in [0.1, 0.15) is 6.42 Å². The van der Waals surface area contributed by atoms with Crippen molar-refractivity contribution in [1.82, 2.24) is 0 Å². The molecule has 0 aromatic heterocycles. The van der Waals surface area contributed by atoms with Crippen molar-refractivity contribution in [3.8, 4) is 0 Å². The SMILES string of the molecule is NC[C@@H]1OC(O[C@H]2[C@@H](O)[C@H](O[C@@H]3[C@@H](O)[C@H](N)C[C@H](N)[C@H]3O[C@H]3O[C@H](CO)[C@@H](O)[C@H](O)[C@H]3N)O[C@@H]2CO)[C@H](N)[C@@H](O)[C@@H]1O. The van der Waals surface area contributed by atoms with E-state index in [-0.39, 0.29) is 13.0 Å². The highest BCUT2D eigenvalue weighted by atomic mass is 16.8. The van der Waals surface area contributed by atoms with Crippen molar-refractivity contribution >= 4 is 0 Å². The molecule has 4 rings (SSSR count). The maximum absolute atomic E-state index is 11.1. The summed E-state index contributed by atoms with van der Waals surface area (Å²) >= 11 is 0. The van der Waals surface area contributed by atoms with Crippen LogP contribution in [0.25, 0.3) is 0 Å². The monoisotopic (exact) mass is 615 g/mol. The molecule has 3 heterocycles. The lowest BCUT2D eigenvalue weighted by Gasteiger charge is -2.47. The number of hydrogen-bond donors (Lipinski definition) is 13. The van der Waals surface area contributed by atoms with Gasteiger partial charge >= 0.3 is 0 Å². The van der Waals surface area contributed by atoms with Crippen LogP contribution in [0.3, 0.4) is 0 Å². The average molecular weight is 616 g/mol. The molecular formula is C23H45N5O14. The Labute approximate surface area is 240 Å². The molecule has 0 amide bonds. The standard InChI is InChI=1S/C23H45N5O14/c24-2-7-13(32)15(34)10(27)21(37-7)41-19-9(4-30)39-23(17(19)36)42-20-12(31)5(25)1-6(26)18(20)40-22-11(28)16(35)14(33)8(3-29)38-22/h5-23,29-36H,1-4,24-28H2/t5-,6+,7+,8-,9-,10-,11-,12+,13-,14-,15-,16-,17-,18-,19-,20-,21?,22-,23+/m1/s1. The zero-order valence-corrected chi connectivity index (χ0v) is 22.7. The van der Waals surface area contributed by atoms with Crippen LogP contribution in [-0.4, -0.2) is 177 Å². The van der Waals surface area contributed by atoms with E-state index >= 15 is 0 Å². The van der Waals surface area contributed by atoms with E-state index in [1.165, 1.54) is 0 Å². The van der Waals surface area contributed by atoms with E-state index in [4.69, 9.17) is 57.1 Å². The highest BCUT2D eigenvalue weighted by Gasteiger charge is 2.54. The van der Waals surface area contributed by atoms with Crippen molar-refractivity contribution < 1.29 is 69.3 Å². The lowest BCUT2D eigenvalue weighted by Crippen LogP contribution is -2.68. The van der Waals surface area contributed by atoms with Crippen molar-refractivity contribution in [2.24, 2.45) is 28.7 Å². The molecule has 1 aliphatic carbocycles. The highest BCUT2D eigenvalue weighted by molar-refractivity contribution is 5.02. The minimum Gasteiger partial charge on any atom is -0.394 e. The van der Waals surface area contributed by atoms with Crippen LogP contribution in [0.5, 0.6) is 0 Å². The molecule has 0 radical (unpaired) electrons. The minimum absolute atomic E-state index is 0.0642. The Morgan fingerprint density at radius 3 is 1.55 bits per heavy atom. The fourth-order valence-electron chi connectivity index (χ4n) is 5.70. The van der Waals surface area contributed by atoms with Gasteiger partial charge in [-0.05, 0) is 6.42 Å². The maximum Gasteiger partial charge on any atom is 0.187 e. The van der Waals surface area contributed by atoms with E-state index in [1.54, 1.807) is 0 Å². The molecule has 4 aliphatic rings. The summed E-state index contributed by atoms with van der Waals surface area (Å²) in [6, 6.07) is -4.30. The Bertz CT molecular complexity index is 866. The first kappa shape index (κ1) is 34.1. The summed E-state index contributed by atoms with van der Waals surface area (Å²) in [5, 5.41) is 82.3. The summed E-state index contributed by atoms with van der Waals surface area (Å²) < 4.78 is 34.4. The maximum atomic E-state index is 11.1. The van der Waals surface area contributed by atoms with E-state index < -0.39 is 129 Å². The van der Waals surface area contributed by atoms with E-state index in [2.05, 4.69) is 0 Å². The number of aliphatic hydroxyl groups is 8. The van der Waals surface area contributed by atoms with Gasteiger partial charge in [-0.2, -0.15) is 0 Å². The molecule has 0 spiro atoms. The van der Waals surface area contributed by atoms with Gasteiger partial charge in [-0.25, -0.2) is 0 Å². The van der Waals surface area contributed by atoms with Gasteiger partial charge < -0.3 is 97.9 Å². The molecule has 0 aromatic rings. The molecule has 1 unspecified atom stereocenters. The summed E-state index contributed by atoms with van der Waals surface area (Å²) in [6.07, 6.45) is -20.5. The van der Waals surface area contributed by atoms with Crippen LogP contribution >= 0.6 is 0 Å². The highest BCUT2D eigenvalue weighted by Crippen LogP contribution is 2.34. The molecule has 19 heteroatoms. The second kappa shape index (κ2) is 14.1. The van der Waals surface area contributed by atoms with Gasteiger partial charge in [0.1, 0.15) is 67.1 Å². The Morgan fingerprint density at radius 1 is 0.524 bits per heavy atom. The molecule has 246 valence electrons. The fraction of sp³-hybridized carbons (Fsp3) is 1.00. The molecule has 1 saturated carbocycles. The van der Waals surface area contributed by atoms with Crippen LogP contribution < -0.4 is 28.7 Å². The molecule has 0 aromatic carbocycles. The van der Waals surface area contributed by atoms with Gasteiger partial charge in [0.15, 0.2) is 18.9 Å². The van der Waals surface area contributed by atoms with E-state index in [0.29, 0.717) is 0 Å². The minimum atomic E-state index is -1.62. The van der Waals surface area contributed by atoms with Gasteiger partial charge in [-0.3, -0.25) is 0 Å². The molecule has 18 N–H and O–H groups in total. The van der Waals surface area contributed by atoms with Crippen molar-refractivity contribution in [1.29, 1.82) is 0 Å². The first-order valence-corrected chi connectivity index (χ1v) is 13.8. The fourth-order valence-corrected chi connectivity index (χ4v) is 5.70. The van der Waals surface area contributed by atoms with Crippen LogP contribution in [0, 0.1) is 0 Å². The van der Waals surface area contributed by atoms with E-state index in [9.17, 15) is 40.9 Å². The molecule has 0 bridgehead atoms. The third-order valence-corrected chi connectivity index (χ3v) is 8.32. The largest absolute Gasteiger partial charge is 0.394 e. The smallest absolute Gasteiger partial charge is 0.187 e. The lowest BCUT2D eigenvalue weighted by molar-refractivity contribution is -0.310. The topological polar surface area (TPSA) is 347 Å². The molecule has 3 aliphatic heterocycles. The first-order valence-electron chi connectivity index (χ1n) is 13.8. The van der Waals surface area contributed by atoms with Gasteiger partial charge in [0.25, 0.3) is 0 Å². The number of aliphatic hydroxyl groups excluding tert-OH is 8. The van der Waals surface area contributed by atoms with Crippen molar-refractivity contribution in [2.75, 3.05) is 19.8 Å². The third kappa shape index (κ3) is 6.60. The number of nitrogens with two attached hydrogens (primary N) is 5. The predicted molar refractivity (Wildman–Crippen MR) is 136 cm³/mol. The number of ether oxygens (including phenoxy) is 6. The van der Waals surface area contributed by atoms with Crippen LogP contribution in [0.4, 0.5) is 0 Å². The molecule has 4 fully saturated rings. The Kier molecular flexibility index (Phi) is 11.5. The normalized spacial score (nSPS) is 53.8. The predicted octanol–water partition coefficient (Wildman–Crippen LogP) is -8.86. The van der Waals surface area contributed by atoms with Crippen molar-refractivity contribution in [2.45, 2.75) is 123 Å². The summed E-state index contributed by atoms with van der Waals surface area (Å²) in [5.41, 5.74) is 29.9. The molecule has 19 nitrogen and oxygen atoms in total. The van der Waals surface area contributed by atoms with Crippen LogP contribution in [0.15, 0.2) is 0 Å². The molecule has 42 heavy (non-hydrogen) atoms. The Balaban J connectivity index is 1.50. The summed E-state index contributed by atoms with van der Waals surface area (Å²) in [5.74, 6) is 0. The summed E-state index contributed by atoms with van der Waals surface area (Å²) in [7, 11) is 0. The second-order valence-electron chi connectivity index (χ2n) is 11.2. The van der Waals surface area contributed by atoms with Gasteiger partial charge in [0.05, 0.1) is 31.4 Å². The van der Waals surface area contributed by atoms with Crippen LogP contribution in [-0.2, 0) is 28.4 Å². The molecule has 3 saturated heterocycles. The Morgan fingerprint density at radius 2 is 1.00 bits per heavy atom. The second-order valence-corrected chi connectivity index (χ2v) is 11.2. The number of hydrogen-bond acceptors (Lipinski definition) is 19. The molecular weight excluding hydrogens is 570 g/mol. The number of rotatable bonds is 9. The average Bonchev–Trinajstić information content (AvgIpc) is 3.27. The van der Waals surface area contributed by atoms with Gasteiger partial charge in [0, 0.05) is 18.6 Å². The van der Waals surface area contributed by atoms with Gasteiger partial charge in [0.2, 0.25) is 0 Å². The zero-order valence-electron chi connectivity index (χ0n) is 22.7. The third-order valence-electron chi connectivity index (χ3n) is 8.32. The first-order chi connectivity index (χ1) is 19.8. The van der Waals surface area contributed by atoms with E-state index in [1.807, 2.05) is 0 Å². The van der Waals surface area contributed by atoms with E-state index in [0.717, 1.165) is 0 Å². The molecule has 19 atom stereocenters. The van der Waals surface area contributed by atoms with Crippen molar-refractivity contribution in [3.63, 3.8) is 0 Å². The quantitative estimate of drug-likeness (QED) is 0.114. The summed E-state index contributed by atoms with van der Waals surface area (Å²) in [6.45, 7) is -1.49. The summed E-state index contributed by atoms with van der Waals surface area (Å²) in [4.78, 5) is 0. The lowest BCUT2D eigenvalue weighted by atomic mass is 9.84. The Hall–Kier alpha value is -0.760. The van der Waals surface area contributed by atoms with Gasteiger partial charge in [-0.1, -0.05) is 0 Å². The van der Waals surface area contributed by atoms with Gasteiger partial charge in [-0.15, -0.1) is 0 Å². The van der Waals surface area contributed by atoms with Crippen LogP contribution in [0.2, 0.25) is 0 Å².